The number of hydrogen-bond acceptors (Lipinski definition) is 6. The molecule has 2 heterocycles. The van der Waals surface area contributed by atoms with Crippen LogP contribution in [0, 0.1) is 5.92 Å². The molecule has 8 heteroatoms. The average molecular weight is 343 g/mol. The van der Waals surface area contributed by atoms with Gasteiger partial charge in [-0.25, -0.2) is 0 Å². The maximum Gasteiger partial charge on any atom is 0.231 e. The molecule has 0 spiro atoms. The average Bonchev–Trinajstić information content (AvgIpc) is 3.08. The Labute approximate surface area is 138 Å². The molecule has 0 aromatic carbocycles. The molecule has 1 fully saturated rings. The number of rotatable bonds is 3. The lowest BCUT2D eigenvalue weighted by Crippen LogP contribution is -2.51. The second-order valence-electron chi connectivity index (χ2n) is 5.68. The molecular formula is C14H19ClN4O2S. The van der Waals surface area contributed by atoms with Crippen molar-refractivity contribution in [3.05, 3.63) is 18.4 Å². The number of halogens is 1. The minimum absolute atomic E-state index is 0. The number of aromatic nitrogens is 2. The molecule has 2 aromatic rings. The third-order valence-corrected chi connectivity index (χ3v) is 4.81. The highest BCUT2D eigenvalue weighted by Gasteiger charge is 2.38. The summed E-state index contributed by atoms with van der Waals surface area (Å²) < 4.78 is 5.26. The number of nitrogens with zero attached hydrogens (tertiary/aromatic N) is 2. The second kappa shape index (κ2) is 6.76. The number of amides is 1. The van der Waals surface area contributed by atoms with Crippen molar-refractivity contribution in [3.8, 4) is 10.8 Å². The highest BCUT2D eigenvalue weighted by atomic mass is 35.5. The molecule has 1 aliphatic rings. The third kappa shape index (κ3) is 3.48. The predicted molar refractivity (Wildman–Crippen MR) is 88.0 cm³/mol. The number of carbonyl (C=O) groups excluding carboxylic acids is 1. The smallest absolute Gasteiger partial charge is 0.231 e. The van der Waals surface area contributed by atoms with Gasteiger partial charge in [-0.15, -0.1) is 22.6 Å². The van der Waals surface area contributed by atoms with Crippen molar-refractivity contribution in [1.82, 2.24) is 10.2 Å². The summed E-state index contributed by atoms with van der Waals surface area (Å²) in [6.45, 7) is 1.95. The molecule has 0 bridgehead atoms. The van der Waals surface area contributed by atoms with E-state index in [1.165, 1.54) is 11.3 Å². The molecule has 3 N–H and O–H groups in total. The highest BCUT2D eigenvalue weighted by Crippen LogP contribution is 2.33. The zero-order chi connectivity index (χ0) is 14.9. The molecule has 1 saturated carbocycles. The van der Waals surface area contributed by atoms with Crippen molar-refractivity contribution in [2.45, 2.75) is 38.1 Å². The van der Waals surface area contributed by atoms with Crippen LogP contribution in [0.2, 0.25) is 0 Å². The van der Waals surface area contributed by atoms with Crippen LogP contribution in [0.15, 0.2) is 22.8 Å². The molecule has 0 radical (unpaired) electrons. The van der Waals surface area contributed by atoms with Gasteiger partial charge in [-0.2, -0.15) is 0 Å². The molecule has 2 aromatic heterocycles. The SMILES string of the molecule is CC1(N)CCCCC1C(=O)Nc1nnc(-c2ccco2)s1.Cl. The van der Waals surface area contributed by atoms with E-state index in [-0.39, 0.29) is 24.2 Å². The summed E-state index contributed by atoms with van der Waals surface area (Å²) in [7, 11) is 0. The predicted octanol–water partition coefficient (Wildman–Crippen LogP) is 3.07. The van der Waals surface area contributed by atoms with Gasteiger partial charge in [-0.3, -0.25) is 4.79 Å². The van der Waals surface area contributed by atoms with E-state index in [2.05, 4.69) is 15.5 Å². The van der Waals surface area contributed by atoms with Crippen LogP contribution >= 0.6 is 23.7 Å². The van der Waals surface area contributed by atoms with E-state index >= 15 is 0 Å². The monoisotopic (exact) mass is 342 g/mol. The van der Waals surface area contributed by atoms with Crippen molar-refractivity contribution in [1.29, 1.82) is 0 Å². The molecular weight excluding hydrogens is 324 g/mol. The molecule has 22 heavy (non-hydrogen) atoms. The fourth-order valence-corrected chi connectivity index (χ4v) is 3.47. The molecule has 120 valence electrons. The normalized spacial score (nSPS) is 24.5. The van der Waals surface area contributed by atoms with E-state index in [0.29, 0.717) is 15.9 Å². The summed E-state index contributed by atoms with van der Waals surface area (Å²) in [5.74, 6) is 0.401. The maximum absolute atomic E-state index is 12.4. The minimum Gasteiger partial charge on any atom is -0.462 e. The van der Waals surface area contributed by atoms with Crippen LogP contribution in [0.4, 0.5) is 5.13 Å². The van der Waals surface area contributed by atoms with E-state index in [9.17, 15) is 4.79 Å². The number of nitrogens with two attached hydrogens (primary N) is 1. The van der Waals surface area contributed by atoms with E-state index in [4.69, 9.17) is 10.2 Å². The van der Waals surface area contributed by atoms with Crippen molar-refractivity contribution in [3.63, 3.8) is 0 Å². The Morgan fingerprint density at radius 1 is 1.50 bits per heavy atom. The largest absolute Gasteiger partial charge is 0.462 e. The number of carbonyl (C=O) groups is 1. The molecule has 2 atom stereocenters. The van der Waals surface area contributed by atoms with Gasteiger partial charge >= 0.3 is 0 Å². The number of nitrogens with one attached hydrogen (secondary N) is 1. The summed E-state index contributed by atoms with van der Waals surface area (Å²) in [5, 5.41) is 12.0. The van der Waals surface area contributed by atoms with Crippen LogP contribution in [0.5, 0.6) is 0 Å². The fourth-order valence-electron chi connectivity index (χ4n) is 2.75. The van der Waals surface area contributed by atoms with Gasteiger partial charge in [0.25, 0.3) is 0 Å². The summed E-state index contributed by atoms with van der Waals surface area (Å²) in [4.78, 5) is 12.4. The van der Waals surface area contributed by atoms with Crippen molar-refractivity contribution in [2.75, 3.05) is 5.32 Å². The van der Waals surface area contributed by atoms with Gasteiger partial charge < -0.3 is 15.5 Å². The van der Waals surface area contributed by atoms with Crippen molar-refractivity contribution in [2.24, 2.45) is 11.7 Å². The Kier molecular flexibility index (Phi) is 5.20. The highest BCUT2D eigenvalue weighted by molar-refractivity contribution is 7.18. The minimum atomic E-state index is -0.448. The first-order valence-corrected chi connectivity index (χ1v) is 7.85. The van der Waals surface area contributed by atoms with Gasteiger partial charge in [0.2, 0.25) is 11.0 Å². The zero-order valence-corrected chi connectivity index (χ0v) is 13.9. The van der Waals surface area contributed by atoms with Gasteiger partial charge in [-0.05, 0) is 31.9 Å². The topological polar surface area (TPSA) is 94.0 Å². The van der Waals surface area contributed by atoms with Crippen LogP contribution in [0.25, 0.3) is 10.8 Å². The Bertz CT molecular complexity index is 627. The molecule has 1 amide bonds. The third-order valence-electron chi connectivity index (χ3n) is 3.96. The summed E-state index contributed by atoms with van der Waals surface area (Å²) in [5.41, 5.74) is 5.80. The standard InChI is InChI=1S/C14H18N4O2S.ClH/c1-14(15)7-3-2-5-9(14)11(19)16-13-18-17-12(21-13)10-6-4-8-20-10;/h4,6,8-9H,2-3,5,7,15H2,1H3,(H,16,18,19);1H. The van der Waals surface area contributed by atoms with Gasteiger partial charge in [0.15, 0.2) is 10.8 Å². The van der Waals surface area contributed by atoms with Gasteiger partial charge in [0, 0.05) is 5.54 Å². The second-order valence-corrected chi connectivity index (χ2v) is 6.66. The molecule has 2 unspecified atom stereocenters. The fraction of sp³-hybridized carbons (Fsp3) is 0.500. The van der Waals surface area contributed by atoms with Gasteiger partial charge in [0.05, 0.1) is 12.2 Å². The molecule has 6 nitrogen and oxygen atoms in total. The quantitative estimate of drug-likeness (QED) is 0.893. The van der Waals surface area contributed by atoms with Gasteiger partial charge in [-0.1, -0.05) is 24.2 Å². The van der Waals surface area contributed by atoms with Crippen molar-refractivity contribution < 1.29 is 9.21 Å². The Balaban J connectivity index is 0.00000176. The zero-order valence-electron chi connectivity index (χ0n) is 12.2. The van der Waals surface area contributed by atoms with E-state index in [1.54, 1.807) is 12.3 Å². The first kappa shape index (κ1) is 16.9. The molecule has 0 aliphatic heterocycles. The Hall–Kier alpha value is -1.44. The van der Waals surface area contributed by atoms with Crippen LogP contribution < -0.4 is 11.1 Å². The lowest BCUT2D eigenvalue weighted by atomic mass is 9.74. The molecule has 3 rings (SSSR count). The summed E-state index contributed by atoms with van der Waals surface area (Å²) in [6, 6.07) is 3.60. The van der Waals surface area contributed by atoms with Crippen LogP contribution in [0.3, 0.4) is 0 Å². The van der Waals surface area contributed by atoms with Crippen LogP contribution in [-0.2, 0) is 4.79 Å². The molecule has 1 aliphatic carbocycles. The summed E-state index contributed by atoms with van der Waals surface area (Å²) in [6.07, 6.45) is 5.40. The van der Waals surface area contributed by atoms with Crippen molar-refractivity contribution >= 4 is 34.8 Å². The van der Waals surface area contributed by atoms with Crippen LogP contribution in [-0.4, -0.2) is 21.6 Å². The van der Waals surface area contributed by atoms with E-state index < -0.39 is 5.54 Å². The first-order valence-electron chi connectivity index (χ1n) is 7.03. The lowest BCUT2D eigenvalue weighted by Gasteiger charge is -2.36. The first-order chi connectivity index (χ1) is 10.1. The maximum atomic E-state index is 12.4. The van der Waals surface area contributed by atoms with E-state index in [0.717, 1.165) is 25.7 Å². The Morgan fingerprint density at radius 2 is 2.32 bits per heavy atom. The number of furan rings is 1. The van der Waals surface area contributed by atoms with Gasteiger partial charge in [0.1, 0.15) is 0 Å². The van der Waals surface area contributed by atoms with E-state index in [1.807, 2.05) is 13.0 Å². The number of anilines is 1. The summed E-state index contributed by atoms with van der Waals surface area (Å²) >= 11 is 1.29. The van der Waals surface area contributed by atoms with Crippen LogP contribution in [0.1, 0.15) is 32.6 Å². The lowest BCUT2D eigenvalue weighted by molar-refractivity contribution is -0.122. The number of hydrogen-bond donors (Lipinski definition) is 2. The Morgan fingerprint density at radius 3 is 3.00 bits per heavy atom. The molecule has 0 saturated heterocycles.